The topological polar surface area (TPSA) is 135 Å². The van der Waals surface area contributed by atoms with Gasteiger partial charge in [0.2, 0.25) is 0 Å². The highest BCUT2D eigenvalue weighted by atomic mass is 16.3. The molecule has 0 saturated heterocycles. The van der Waals surface area contributed by atoms with E-state index in [1.165, 1.54) is 19.1 Å². The summed E-state index contributed by atoms with van der Waals surface area (Å²) in [6.45, 7) is 1.23. The lowest BCUT2D eigenvalue weighted by molar-refractivity contribution is -0.127. The summed E-state index contributed by atoms with van der Waals surface area (Å²) < 4.78 is 0. The molecule has 3 rings (SSSR count). The number of ketones is 2. The number of carbonyl (C=O) groups is 2. The van der Waals surface area contributed by atoms with Crippen LogP contribution >= 0.6 is 0 Å². The summed E-state index contributed by atoms with van der Waals surface area (Å²) in [4.78, 5) is 23.8. The molecule has 0 saturated carbocycles. The SMILES string of the molecule is CC(=O)CC1(O)Cc2cc3cc(O)cc(O)c3c(O)c2C(=O)C1O. The number of hydrogen-bond acceptors (Lipinski definition) is 7. The first-order chi connectivity index (χ1) is 11.1. The Balaban J connectivity index is 2.27. The Morgan fingerprint density at radius 1 is 1.25 bits per heavy atom. The van der Waals surface area contributed by atoms with Crippen LogP contribution in [0.3, 0.4) is 0 Å². The highest BCUT2D eigenvalue weighted by Crippen LogP contribution is 2.44. The lowest BCUT2D eigenvalue weighted by Gasteiger charge is -2.36. The van der Waals surface area contributed by atoms with Gasteiger partial charge in [-0.2, -0.15) is 0 Å². The third-order valence-corrected chi connectivity index (χ3v) is 4.31. The largest absolute Gasteiger partial charge is 0.508 e. The van der Waals surface area contributed by atoms with Crippen LogP contribution in [0.15, 0.2) is 18.2 Å². The highest BCUT2D eigenvalue weighted by molar-refractivity contribution is 6.11. The van der Waals surface area contributed by atoms with E-state index in [4.69, 9.17) is 0 Å². The van der Waals surface area contributed by atoms with Gasteiger partial charge in [0.25, 0.3) is 0 Å². The van der Waals surface area contributed by atoms with E-state index in [9.17, 15) is 35.1 Å². The average molecular weight is 332 g/mol. The van der Waals surface area contributed by atoms with Crippen molar-refractivity contribution in [3.8, 4) is 17.2 Å². The molecule has 1 aliphatic rings. The second-order valence-corrected chi connectivity index (χ2v) is 6.25. The van der Waals surface area contributed by atoms with Crippen molar-refractivity contribution in [2.75, 3.05) is 0 Å². The molecule has 2 atom stereocenters. The maximum atomic E-state index is 12.4. The highest BCUT2D eigenvalue weighted by Gasteiger charge is 2.47. The number of aliphatic hydroxyl groups is 2. The summed E-state index contributed by atoms with van der Waals surface area (Å²) in [6, 6.07) is 3.73. The zero-order valence-corrected chi connectivity index (χ0v) is 12.8. The molecular weight excluding hydrogens is 316 g/mol. The normalized spacial score (nSPS) is 23.3. The number of hydrogen-bond donors (Lipinski definition) is 5. The Kier molecular flexibility index (Phi) is 3.51. The van der Waals surface area contributed by atoms with Crippen molar-refractivity contribution in [1.29, 1.82) is 0 Å². The molecule has 2 aromatic rings. The predicted octanol–water partition coefficient (Wildman–Crippen LogP) is 0.767. The van der Waals surface area contributed by atoms with Crippen molar-refractivity contribution < 1.29 is 35.1 Å². The molecule has 0 amide bonds. The van der Waals surface area contributed by atoms with Gasteiger partial charge in [0.05, 0.1) is 10.9 Å². The zero-order chi connectivity index (χ0) is 17.8. The molecule has 7 nitrogen and oxygen atoms in total. The van der Waals surface area contributed by atoms with Crippen LogP contribution in [0.4, 0.5) is 0 Å². The molecule has 0 spiro atoms. The van der Waals surface area contributed by atoms with Crippen LogP contribution in [-0.4, -0.2) is 48.8 Å². The minimum Gasteiger partial charge on any atom is -0.508 e. The van der Waals surface area contributed by atoms with Gasteiger partial charge < -0.3 is 25.5 Å². The van der Waals surface area contributed by atoms with Gasteiger partial charge in [0, 0.05) is 18.9 Å². The van der Waals surface area contributed by atoms with E-state index < -0.39 is 41.2 Å². The molecule has 2 aromatic carbocycles. The fourth-order valence-electron chi connectivity index (χ4n) is 3.35. The molecule has 0 radical (unpaired) electrons. The molecular formula is C17H16O7. The number of aliphatic hydroxyl groups excluding tert-OH is 1. The second kappa shape index (κ2) is 5.19. The third kappa shape index (κ3) is 2.29. The van der Waals surface area contributed by atoms with E-state index in [2.05, 4.69) is 0 Å². The molecule has 1 aliphatic carbocycles. The molecule has 2 unspecified atom stereocenters. The summed E-state index contributed by atoms with van der Waals surface area (Å²) in [7, 11) is 0. The molecule has 126 valence electrons. The van der Waals surface area contributed by atoms with E-state index >= 15 is 0 Å². The van der Waals surface area contributed by atoms with E-state index in [0.717, 1.165) is 6.07 Å². The van der Waals surface area contributed by atoms with Crippen LogP contribution < -0.4 is 0 Å². The first-order valence-electron chi connectivity index (χ1n) is 7.28. The van der Waals surface area contributed by atoms with Gasteiger partial charge >= 0.3 is 0 Å². The molecule has 0 aliphatic heterocycles. The predicted molar refractivity (Wildman–Crippen MR) is 83.2 cm³/mol. The first-order valence-corrected chi connectivity index (χ1v) is 7.28. The van der Waals surface area contributed by atoms with Crippen LogP contribution in [0.5, 0.6) is 17.2 Å². The zero-order valence-electron chi connectivity index (χ0n) is 12.8. The fraction of sp³-hybridized carbons (Fsp3) is 0.294. The van der Waals surface area contributed by atoms with E-state index in [1.54, 1.807) is 0 Å². The van der Waals surface area contributed by atoms with Crippen LogP contribution in [0.2, 0.25) is 0 Å². The van der Waals surface area contributed by atoms with Gasteiger partial charge in [-0.3, -0.25) is 9.59 Å². The standard InChI is InChI=1S/C17H16O7/c1-7(18)5-17(24)6-9-2-8-3-10(19)4-11(20)12(8)14(21)13(9)15(22)16(17)23/h2-4,16,19-21,23-24H,5-6H2,1H3. The molecule has 0 fully saturated rings. The van der Waals surface area contributed by atoms with E-state index in [1.807, 2.05) is 0 Å². The molecule has 0 aromatic heterocycles. The molecule has 7 heteroatoms. The van der Waals surface area contributed by atoms with E-state index in [-0.39, 0.29) is 34.1 Å². The number of aromatic hydroxyl groups is 3. The van der Waals surface area contributed by atoms with Crippen molar-refractivity contribution in [3.63, 3.8) is 0 Å². The smallest absolute Gasteiger partial charge is 0.198 e. The second-order valence-electron chi connectivity index (χ2n) is 6.25. The Morgan fingerprint density at radius 3 is 2.54 bits per heavy atom. The Labute approximate surface area is 136 Å². The van der Waals surface area contributed by atoms with Gasteiger partial charge in [0.15, 0.2) is 5.78 Å². The summed E-state index contributed by atoms with van der Waals surface area (Å²) >= 11 is 0. The number of benzene rings is 2. The van der Waals surface area contributed by atoms with Gasteiger partial charge in [-0.15, -0.1) is 0 Å². The quantitative estimate of drug-likeness (QED) is 0.548. The summed E-state index contributed by atoms with van der Waals surface area (Å²) in [5, 5.41) is 50.8. The molecule has 0 bridgehead atoms. The minimum absolute atomic E-state index is 0.0379. The number of rotatable bonds is 2. The van der Waals surface area contributed by atoms with Gasteiger partial charge in [-0.25, -0.2) is 0 Å². The maximum Gasteiger partial charge on any atom is 0.198 e. The Hall–Kier alpha value is -2.64. The number of phenols is 3. The Morgan fingerprint density at radius 2 is 1.92 bits per heavy atom. The molecule has 0 heterocycles. The van der Waals surface area contributed by atoms with E-state index in [0.29, 0.717) is 0 Å². The van der Waals surface area contributed by atoms with Crippen LogP contribution in [0, 0.1) is 0 Å². The van der Waals surface area contributed by atoms with Crippen molar-refractivity contribution in [3.05, 3.63) is 29.3 Å². The third-order valence-electron chi connectivity index (χ3n) is 4.31. The van der Waals surface area contributed by atoms with Crippen LogP contribution in [0.25, 0.3) is 10.8 Å². The summed E-state index contributed by atoms with van der Waals surface area (Å²) in [6.07, 6.45) is -2.51. The monoisotopic (exact) mass is 332 g/mol. The fourth-order valence-corrected chi connectivity index (χ4v) is 3.35. The number of Topliss-reactive ketones (excluding diaryl/α,β-unsaturated/α-hetero) is 2. The maximum absolute atomic E-state index is 12.4. The van der Waals surface area contributed by atoms with Crippen molar-refractivity contribution in [2.24, 2.45) is 0 Å². The number of fused-ring (bicyclic) bond motifs is 2. The first kappa shape index (κ1) is 16.2. The van der Waals surface area contributed by atoms with Gasteiger partial charge in [-0.1, -0.05) is 0 Å². The number of carbonyl (C=O) groups excluding carboxylic acids is 2. The average Bonchev–Trinajstić information content (AvgIpc) is 2.42. The van der Waals surface area contributed by atoms with Crippen molar-refractivity contribution >= 4 is 22.3 Å². The lowest BCUT2D eigenvalue weighted by atomic mass is 9.74. The van der Waals surface area contributed by atoms with Crippen LogP contribution in [0.1, 0.15) is 29.3 Å². The lowest BCUT2D eigenvalue weighted by Crippen LogP contribution is -2.53. The minimum atomic E-state index is -1.96. The summed E-state index contributed by atoms with van der Waals surface area (Å²) in [5.41, 5.74) is -1.94. The van der Waals surface area contributed by atoms with Crippen LogP contribution in [-0.2, 0) is 11.2 Å². The molecule has 24 heavy (non-hydrogen) atoms. The number of phenolic OH excluding ortho intramolecular Hbond substituents is 3. The van der Waals surface area contributed by atoms with Gasteiger partial charge in [-0.05, 0) is 30.0 Å². The van der Waals surface area contributed by atoms with Crippen molar-refractivity contribution in [1.82, 2.24) is 0 Å². The van der Waals surface area contributed by atoms with Crippen molar-refractivity contribution in [2.45, 2.75) is 31.5 Å². The molecule has 5 N–H and O–H groups in total. The van der Waals surface area contributed by atoms with Gasteiger partial charge in [0.1, 0.15) is 34.7 Å². The Bertz CT molecular complexity index is 886. The summed E-state index contributed by atoms with van der Waals surface area (Å²) in [5.74, 6) is -2.51.